The van der Waals surface area contributed by atoms with Gasteiger partial charge in [0.15, 0.2) is 5.82 Å². The average Bonchev–Trinajstić information content (AvgIpc) is 2.85. The molecule has 0 aliphatic heterocycles. The summed E-state index contributed by atoms with van der Waals surface area (Å²) in [7, 11) is 0. The molecule has 8 heteroatoms. The number of amides is 1. The SMILES string of the molecule is Nc1nccn2c(CN(Cc3ccccc3)C(=O)O)nc(Br)c12. The molecule has 0 fully saturated rings. The van der Waals surface area contributed by atoms with E-state index in [0.717, 1.165) is 5.56 Å². The Bertz CT molecular complexity index is 850. The number of nitrogens with two attached hydrogens (primary N) is 1. The van der Waals surface area contributed by atoms with Crippen LogP contribution >= 0.6 is 15.9 Å². The highest BCUT2D eigenvalue weighted by molar-refractivity contribution is 9.10. The van der Waals surface area contributed by atoms with Gasteiger partial charge in [-0.15, -0.1) is 0 Å². The number of imidazole rings is 1. The Kier molecular flexibility index (Phi) is 4.16. The van der Waals surface area contributed by atoms with Crippen LogP contribution in [0.5, 0.6) is 0 Å². The molecular weight excluding hydrogens is 362 g/mol. The number of hydrogen-bond donors (Lipinski definition) is 2. The number of aromatic nitrogens is 3. The average molecular weight is 376 g/mol. The number of nitrogens with zero attached hydrogens (tertiary/aromatic N) is 4. The summed E-state index contributed by atoms with van der Waals surface area (Å²) >= 11 is 3.34. The lowest BCUT2D eigenvalue weighted by molar-refractivity contribution is 0.138. The summed E-state index contributed by atoms with van der Waals surface area (Å²) in [6.45, 7) is 0.420. The van der Waals surface area contributed by atoms with Crippen LogP contribution < -0.4 is 5.73 Å². The van der Waals surface area contributed by atoms with Crippen LogP contribution in [0.2, 0.25) is 0 Å². The predicted molar refractivity (Wildman–Crippen MR) is 88.8 cm³/mol. The molecule has 0 atom stereocenters. The first kappa shape index (κ1) is 15.3. The Labute approximate surface area is 140 Å². The van der Waals surface area contributed by atoms with Gasteiger partial charge in [-0.05, 0) is 21.5 Å². The molecule has 118 valence electrons. The number of rotatable bonds is 4. The predicted octanol–water partition coefficient (Wildman–Crippen LogP) is 2.75. The highest BCUT2D eigenvalue weighted by atomic mass is 79.9. The number of carboxylic acid groups (broad SMARTS) is 1. The molecular formula is C15H14BrN5O2. The monoisotopic (exact) mass is 375 g/mol. The smallest absolute Gasteiger partial charge is 0.408 e. The number of nitrogen functional groups attached to an aromatic ring is 1. The third kappa shape index (κ3) is 3.11. The van der Waals surface area contributed by atoms with Crippen molar-refractivity contribution in [2.24, 2.45) is 0 Å². The van der Waals surface area contributed by atoms with Crippen molar-refractivity contribution in [2.75, 3.05) is 5.73 Å². The van der Waals surface area contributed by atoms with Crippen LogP contribution in [-0.2, 0) is 13.1 Å². The number of anilines is 1. The standard InChI is InChI=1S/C15H14BrN5O2/c16-13-12-14(17)18-6-7-21(12)11(19-13)9-20(15(22)23)8-10-4-2-1-3-5-10/h1-7H,8-9H2,(H2,17,18)(H,22,23). The van der Waals surface area contributed by atoms with Gasteiger partial charge in [-0.25, -0.2) is 14.8 Å². The second-order valence-electron chi connectivity index (χ2n) is 4.97. The van der Waals surface area contributed by atoms with E-state index in [1.54, 1.807) is 16.8 Å². The molecule has 0 unspecified atom stereocenters. The van der Waals surface area contributed by atoms with E-state index in [-0.39, 0.29) is 13.1 Å². The summed E-state index contributed by atoms with van der Waals surface area (Å²) in [5.74, 6) is 0.905. The zero-order valence-corrected chi connectivity index (χ0v) is 13.6. The minimum absolute atomic E-state index is 0.139. The maximum Gasteiger partial charge on any atom is 0.408 e. The maximum absolute atomic E-state index is 11.6. The molecule has 0 spiro atoms. The van der Waals surface area contributed by atoms with Crippen molar-refractivity contribution in [3.8, 4) is 0 Å². The fourth-order valence-electron chi connectivity index (χ4n) is 2.36. The Morgan fingerprint density at radius 1 is 1.30 bits per heavy atom. The van der Waals surface area contributed by atoms with E-state index in [4.69, 9.17) is 5.73 Å². The maximum atomic E-state index is 11.6. The minimum atomic E-state index is -1.01. The van der Waals surface area contributed by atoms with E-state index < -0.39 is 6.09 Å². The lowest BCUT2D eigenvalue weighted by atomic mass is 10.2. The highest BCUT2D eigenvalue weighted by Crippen LogP contribution is 2.23. The van der Waals surface area contributed by atoms with Crippen LogP contribution in [0.25, 0.3) is 5.52 Å². The van der Waals surface area contributed by atoms with E-state index in [1.165, 1.54) is 4.90 Å². The lowest BCUT2D eigenvalue weighted by Crippen LogP contribution is -2.29. The van der Waals surface area contributed by atoms with Gasteiger partial charge in [-0.2, -0.15) is 0 Å². The summed E-state index contributed by atoms with van der Waals surface area (Å²) in [6, 6.07) is 9.42. The molecule has 0 saturated carbocycles. The molecule has 0 aliphatic carbocycles. The zero-order chi connectivity index (χ0) is 16.4. The van der Waals surface area contributed by atoms with Gasteiger partial charge in [0.2, 0.25) is 0 Å². The molecule has 3 N–H and O–H groups in total. The molecule has 3 rings (SSSR count). The summed E-state index contributed by atoms with van der Waals surface area (Å²) in [6.07, 6.45) is 2.26. The molecule has 1 aromatic carbocycles. The van der Waals surface area contributed by atoms with Crippen LogP contribution in [0.1, 0.15) is 11.4 Å². The van der Waals surface area contributed by atoms with Crippen LogP contribution in [0.15, 0.2) is 47.3 Å². The number of benzene rings is 1. The van der Waals surface area contributed by atoms with E-state index >= 15 is 0 Å². The van der Waals surface area contributed by atoms with Crippen molar-refractivity contribution in [1.82, 2.24) is 19.3 Å². The molecule has 1 amide bonds. The first-order valence-electron chi connectivity index (χ1n) is 6.85. The highest BCUT2D eigenvalue weighted by Gasteiger charge is 2.18. The molecule has 0 bridgehead atoms. The Balaban J connectivity index is 1.92. The normalized spacial score (nSPS) is 10.8. The second kappa shape index (κ2) is 6.25. The van der Waals surface area contributed by atoms with Crippen molar-refractivity contribution < 1.29 is 9.90 Å². The molecule has 2 aromatic heterocycles. The number of hydrogen-bond acceptors (Lipinski definition) is 4. The van der Waals surface area contributed by atoms with E-state index in [1.807, 2.05) is 30.3 Å². The van der Waals surface area contributed by atoms with Gasteiger partial charge < -0.3 is 10.8 Å². The Morgan fingerprint density at radius 3 is 2.74 bits per heavy atom. The third-order valence-corrected chi connectivity index (χ3v) is 3.99. The fourth-order valence-corrected chi connectivity index (χ4v) is 2.96. The summed E-state index contributed by atoms with van der Waals surface area (Å²) in [5.41, 5.74) is 7.40. The van der Waals surface area contributed by atoms with Gasteiger partial charge >= 0.3 is 6.09 Å². The van der Waals surface area contributed by atoms with Crippen molar-refractivity contribution in [3.05, 3.63) is 58.7 Å². The van der Waals surface area contributed by atoms with Gasteiger partial charge in [0.25, 0.3) is 0 Å². The molecule has 3 aromatic rings. The van der Waals surface area contributed by atoms with Crippen LogP contribution in [-0.4, -0.2) is 30.5 Å². The van der Waals surface area contributed by atoms with Crippen molar-refractivity contribution in [2.45, 2.75) is 13.1 Å². The topological polar surface area (TPSA) is 96.8 Å². The van der Waals surface area contributed by atoms with E-state index in [2.05, 4.69) is 25.9 Å². The summed E-state index contributed by atoms with van der Waals surface area (Å²) < 4.78 is 2.29. The van der Waals surface area contributed by atoms with Crippen LogP contribution in [0, 0.1) is 0 Å². The van der Waals surface area contributed by atoms with Crippen molar-refractivity contribution in [3.63, 3.8) is 0 Å². The minimum Gasteiger partial charge on any atom is -0.465 e. The number of halogens is 1. The number of carbonyl (C=O) groups is 1. The molecule has 7 nitrogen and oxygen atoms in total. The van der Waals surface area contributed by atoms with Gasteiger partial charge in [-0.3, -0.25) is 9.30 Å². The molecule has 2 heterocycles. The van der Waals surface area contributed by atoms with Crippen molar-refractivity contribution in [1.29, 1.82) is 0 Å². The second-order valence-corrected chi connectivity index (χ2v) is 5.73. The summed E-state index contributed by atoms with van der Waals surface area (Å²) in [4.78, 5) is 21.2. The third-order valence-electron chi connectivity index (χ3n) is 3.43. The van der Waals surface area contributed by atoms with Crippen molar-refractivity contribution >= 4 is 33.4 Å². The Hall–Kier alpha value is -2.61. The van der Waals surface area contributed by atoms with E-state index in [9.17, 15) is 9.90 Å². The lowest BCUT2D eigenvalue weighted by Gasteiger charge is -2.18. The first-order valence-corrected chi connectivity index (χ1v) is 7.64. The van der Waals surface area contributed by atoms with E-state index in [0.29, 0.717) is 21.8 Å². The molecule has 0 aliphatic rings. The van der Waals surface area contributed by atoms with Crippen LogP contribution in [0.3, 0.4) is 0 Å². The number of fused-ring (bicyclic) bond motifs is 1. The molecule has 23 heavy (non-hydrogen) atoms. The zero-order valence-electron chi connectivity index (χ0n) is 12.1. The van der Waals surface area contributed by atoms with Gasteiger partial charge in [0.1, 0.15) is 15.9 Å². The van der Waals surface area contributed by atoms with Gasteiger partial charge in [-0.1, -0.05) is 30.3 Å². The fraction of sp³-hybridized carbons (Fsp3) is 0.133. The van der Waals surface area contributed by atoms with Gasteiger partial charge in [0, 0.05) is 18.9 Å². The van der Waals surface area contributed by atoms with Crippen LogP contribution in [0.4, 0.5) is 10.6 Å². The molecule has 0 radical (unpaired) electrons. The largest absolute Gasteiger partial charge is 0.465 e. The first-order chi connectivity index (χ1) is 11.1. The Morgan fingerprint density at radius 2 is 2.04 bits per heavy atom. The summed E-state index contributed by atoms with van der Waals surface area (Å²) in [5, 5.41) is 9.47. The molecule has 0 saturated heterocycles. The van der Waals surface area contributed by atoms with Gasteiger partial charge in [0.05, 0.1) is 6.54 Å². The quantitative estimate of drug-likeness (QED) is 0.730.